The normalized spacial score (nSPS) is 11.7. The fourth-order valence-corrected chi connectivity index (χ4v) is 2.00. The van der Waals surface area contributed by atoms with E-state index in [1.165, 1.54) is 0 Å². The summed E-state index contributed by atoms with van der Waals surface area (Å²) in [7, 11) is 0. The average molecular weight is 305 g/mol. The fourth-order valence-electron chi connectivity index (χ4n) is 1.82. The third kappa shape index (κ3) is 5.08. The summed E-state index contributed by atoms with van der Waals surface area (Å²) in [5.41, 5.74) is 1.13. The Bertz CT molecular complexity index is 590. The van der Waals surface area contributed by atoms with E-state index in [1.54, 1.807) is 43.6 Å². The second-order valence-corrected chi connectivity index (χ2v) is 5.05. The first kappa shape index (κ1) is 15.3. The van der Waals surface area contributed by atoms with Crippen molar-refractivity contribution in [3.63, 3.8) is 0 Å². The lowest BCUT2D eigenvalue weighted by molar-refractivity contribution is -0.127. The smallest absolute Gasteiger partial charge is 0.260 e. The summed E-state index contributed by atoms with van der Waals surface area (Å²) in [6, 6.07) is 10.9. The van der Waals surface area contributed by atoms with E-state index in [9.17, 15) is 4.79 Å². The standard InChI is InChI=1S/C16H17ClN2O2/c1-12(21-15-4-2-3-14(17)11-15)16(20)19-10-7-13-5-8-18-9-6-13/h2-6,8-9,11-12H,7,10H2,1H3,(H,19,20). The topological polar surface area (TPSA) is 51.2 Å². The third-order valence-corrected chi connectivity index (χ3v) is 3.18. The summed E-state index contributed by atoms with van der Waals surface area (Å²) in [6.07, 6.45) is 3.67. The molecular weight excluding hydrogens is 288 g/mol. The number of pyridine rings is 1. The van der Waals surface area contributed by atoms with Crippen molar-refractivity contribution in [3.05, 3.63) is 59.4 Å². The van der Waals surface area contributed by atoms with Gasteiger partial charge in [-0.15, -0.1) is 0 Å². The molecule has 5 heteroatoms. The summed E-state index contributed by atoms with van der Waals surface area (Å²) in [4.78, 5) is 15.9. The van der Waals surface area contributed by atoms with Crippen LogP contribution >= 0.6 is 11.6 Å². The highest BCUT2D eigenvalue weighted by molar-refractivity contribution is 6.30. The van der Waals surface area contributed by atoms with Crippen LogP contribution in [0.15, 0.2) is 48.8 Å². The number of rotatable bonds is 6. The van der Waals surface area contributed by atoms with Gasteiger partial charge in [0.25, 0.3) is 5.91 Å². The number of amides is 1. The molecular formula is C16H17ClN2O2. The minimum absolute atomic E-state index is 0.149. The molecule has 0 bridgehead atoms. The van der Waals surface area contributed by atoms with Crippen LogP contribution < -0.4 is 10.1 Å². The van der Waals surface area contributed by atoms with Gasteiger partial charge in [-0.25, -0.2) is 0 Å². The Morgan fingerprint density at radius 1 is 1.33 bits per heavy atom. The molecule has 2 rings (SSSR count). The largest absolute Gasteiger partial charge is 0.481 e. The molecule has 1 amide bonds. The molecule has 0 aliphatic heterocycles. The first-order valence-electron chi connectivity index (χ1n) is 6.74. The number of benzene rings is 1. The van der Waals surface area contributed by atoms with Crippen molar-refractivity contribution < 1.29 is 9.53 Å². The SMILES string of the molecule is CC(Oc1cccc(Cl)c1)C(=O)NCCc1ccncc1. The molecule has 4 nitrogen and oxygen atoms in total. The molecule has 1 atom stereocenters. The molecule has 1 unspecified atom stereocenters. The first-order chi connectivity index (χ1) is 10.1. The van der Waals surface area contributed by atoms with Crippen LogP contribution in [-0.4, -0.2) is 23.5 Å². The van der Waals surface area contributed by atoms with Crippen LogP contribution in [0.25, 0.3) is 0 Å². The average Bonchev–Trinajstić information content (AvgIpc) is 2.48. The highest BCUT2D eigenvalue weighted by atomic mass is 35.5. The van der Waals surface area contributed by atoms with Gasteiger partial charge in [-0.1, -0.05) is 17.7 Å². The Kier molecular flexibility index (Phi) is 5.58. The van der Waals surface area contributed by atoms with Crippen LogP contribution in [0, 0.1) is 0 Å². The van der Waals surface area contributed by atoms with E-state index in [1.807, 2.05) is 12.1 Å². The Balaban J connectivity index is 1.77. The van der Waals surface area contributed by atoms with Gasteiger partial charge < -0.3 is 10.1 Å². The Morgan fingerprint density at radius 2 is 2.10 bits per heavy atom. The minimum atomic E-state index is -0.569. The van der Waals surface area contributed by atoms with E-state index < -0.39 is 6.10 Å². The van der Waals surface area contributed by atoms with Crippen LogP contribution in [0.1, 0.15) is 12.5 Å². The molecule has 0 aliphatic rings. The van der Waals surface area contributed by atoms with E-state index in [2.05, 4.69) is 10.3 Å². The van der Waals surface area contributed by atoms with Crippen LogP contribution in [0.2, 0.25) is 5.02 Å². The molecule has 1 aromatic carbocycles. The predicted octanol–water partition coefficient (Wildman–Crippen LogP) is 2.86. The van der Waals surface area contributed by atoms with Crippen LogP contribution in [0.4, 0.5) is 0 Å². The van der Waals surface area contributed by atoms with Gasteiger partial charge in [0.15, 0.2) is 6.10 Å². The van der Waals surface area contributed by atoms with E-state index >= 15 is 0 Å². The molecule has 0 fully saturated rings. The number of carbonyl (C=O) groups excluding carboxylic acids is 1. The van der Waals surface area contributed by atoms with Crippen molar-refractivity contribution in [3.8, 4) is 5.75 Å². The lowest BCUT2D eigenvalue weighted by Gasteiger charge is -2.14. The Hall–Kier alpha value is -2.07. The van der Waals surface area contributed by atoms with Crippen LogP contribution in [0.3, 0.4) is 0 Å². The molecule has 21 heavy (non-hydrogen) atoms. The van der Waals surface area contributed by atoms with Gasteiger partial charge >= 0.3 is 0 Å². The van der Waals surface area contributed by atoms with Gasteiger partial charge in [0.1, 0.15) is 5.75 Å². The molecule has 2 aromatic rings. The monoisotopic (exact) mass is 304 g/mol. The van der Waals surface area contributed by atoms with E-state index in [-0.39, 0.29) is 5.91 Å². The number of aromatic nitrogens is 1. The van der Waals surface area contributed by atoms with Gasteiger partial charge in [-0.05, 0) is 49.2 Å². The molecule has 110 valence electrons. The van der Waals surface area contributed by atoms with Crippen molar-refractivity contribution in [2.24, 2.45) is 0 Å². The lowest BCUT2D eigenvalue weighted by atomic mass is 10.2. The summed E-state index contributed by atoms with van der Waals surface area (Å²) >= 11 is 5.87. The van der Waals surface area contributed by atoms with Crippen molar-refractivity contribution in [1.82, 2.24) is 10.3 Å². The molecule has 0 aliphatic carbocycles. The molecule has 0 radical (unpaired) electrons. The van der Waals surface area contributed by atoms with Gasteiger partial charge in [0.05, 0.1) is 0 Å². The predicted molar refractivity (Wildman–Crippen MR) is 82.5 cm³/mol. The van der Waals surface area contributed by atoms with Crippen LogP contribution in [-0.2, 0) is 11.2 Å². The van der Waals surface area contributed by atoms with Crippen molar-refractivity contribution in [1.29, 1.82) is 0 Å². The Labute approximate surface area is 129 Å². The lowest BCUT2D eigenvalue weighted by Crippen LogP contribution is -2.37. The van der Waals surface area contributed by atoms with E-state index in [0.717, 1.165) is 12.0 Å². The molecule has 0 spiro atoms. The number of nitrogens with zero attached hydrogens (tertiary/aromatic N) is 1. The van der Waals surface area contributed by atoms with E-state index in [0.29, 0.717) is 17.3 Å². The molecule has 1 aromatic heterocycles. The maximum Gasteiger partial charge on any atom is 0.260 e. The zero-order chi connectivity index (χ0) is 15.1. The molecule has 0 saturated carbocycles. The number of ether oxygens (including phenoxy) is 1. The van der Waals surface area contributed by atoms with Gasteiger partial charge in [0, 0.05) is 24.0 Å². The van der Waals surface area contributed by atoms with Gasteiger partial charge in [-0.2, -0.15) is 0 Å². The van der Waals surface area contributed by atoms with Crippen molar-refractivity contribution >= 4 is 17.5 Å². The van der Waals surface area contributed by atoms with Crippen molar-refractivity contribution in [2.75, 3.05) is 6.54 Å². The van der Waals surface area contributed by atoms with E-state index in [4.69, 9.17) is 16.3 Å². The van der Waals surface area contributed by atoms with Gasteiger partial charge in [-0.3, -0.25) is 9.78 Å². The van der Waals surface area contributed by atoms with Crippen LogP contribution in [0.5, 0.6) is 5.75 Å². The number of halogens is 1. The highest BCUT2D eigenvalue weighted by Crippen LogP contribution is 2.18. The first-order valence-corrected chi connectivity index (χ1v) is 7.12. The minimum Gasteiger partial charge on any atom is -0.481 e. The maximum atomic E-state index is 11.9. The summed E-state index contributed by atoms with van der Waals surface area (Å²) in [5, 5.41) is 3.43. The number of hydrogen-bond acceptors (Lipinski definition) is 3. The Morgan fingerprint density at radius 3 is 2.81 bits per heavy atom. The summed E-state index contributed by atoms with van der Waals surface area (Å²) < 4.78 is 5.55. The third-order valence-electron chi connectivity index (χ3n) is 2.94. The summed E-state index contributed by atoms with van der Waals surface area (Å²) in [6.45, 7) is 2.27. The second kappa shape index (κ2) is 7.64. The fraction of sp³-hybridized carbons (Fsp3) is 0.250. The molecule has 1 N–H and O–H groups in total. The number of nitrogens with one attached hydrogen (secondary N) is 1. The second-order valence-electron chi connectivity index (χ2n) is 4.61. The molecule has 0 saturated heterocycles. The molecule has 1 heterocycles. The number of hydrogen-bond donors (Lipinski definition) is 1. The zero-order valence-electron chi connectivity index (χ0n) is 11.8. The summed E-state index contributed by atoms with van der Waals surface area (Å²) in [5.74, 6) is 0.434. The zero-order valence-corrected chi connectivity index (χ0v) is 12.5. The number of carbonyl (C=O) groups is 1. The quantitative estimate of drug-likeness (QED) is 0.893. The maximum absolute atomic E-state index is 11.9. The van der Waals surface area contributed by atoms with Crippen molar-refractivity contribution in [2.45, 2.75) is 19.4 Å². The highest BCUT2D eigenvalue weighted by Gasteiger charge is 2.14. The van der Waals surface area contributed by atoms with Gasteiger partial charge in [0.2, 0.25) is 0 Å².